The summed E-state index contributed by atoms with van der Waals surface area (Å²) in [5.41, 5.74) is 0. The maximum Gasteiger partial charge on any atom is 0.0250 e. The van der Waals surface area contributed by atoms with Gasteiger partial charge in [-0.3, -0.25) is 0 Å². The molecule has 2 unspecified atom stereocenters. The zero-order chi connectivity index (χ0) is 7.72. The molecule has 0 aromatic heterocycles. The molecule has 60 valence electrons. The lowest BCUT2D eigenvalue weighted by Gasteiger charge is -2.32. The highest BCUT2D eigenvalue weighted by atomic mass is 32.1. The topological polar surface area (TPSA) is 0 Å². The molecular formula is C6H12S4. The smallest absolute Gasteiger partial charge is 0.0250 e. The third-order valence-corrected chi connectivity index (χ3v) is 4.49. The lowest BCUT2D eigenvalue weighted by atomic mass is 9.98. The summed E-state index contributed by atoms with van der Waals surface area (Å²) in [6.45, 7) is 0. The van der Waals surface area contributed by atoms with E-state index >= 15 is 0 Å². The van der Waals surface area contributed by atoms with Crippen LogP contribution in [-0.2, 0) is 0 Å². The molecule has 0 amide bonds. The van der Waals surface area contributed by atoms with Crippen LogP contribution in [0.25, 0.3) is 0 Å². The highest BCUT2D eigenvalue weighted by molar-refractivity contribution is 7.87. The van der Waals surface area contributed by atoms with E-state index in [0.717, 1.165) is 12.8 Å². The van der Waals surface area contributed by atoms with Crippen LogP contribution in [0.3, 0.4) is 0 Å². The van der Waals surface area contributed by atoms with Crippen molar-refractivity contribution in [3.05, 3.63) is 0 Å². The van der Waals surface area contributed by atoms with Gasteiger partial charge in [0.15, 0.2) is 0 Å². The lowest BCUT2D eigenvalue weighted by Crippen LogP contribution is -2.35. The van der Waals surface area contributed by atoms with Gasteiger partial charge in [0.05, 0.1) is 0 Å². The molecule has 1 aliphatic carbocycles. The van der Waals surface area contributed by atoms with Crippen molar-refractivity contribution in [2.24, 2.45) is 0 Å². The predicted octanol–water partition coefficient (Wildman–Crippen LogP) is 1.97. The molecule has 4 heteroatoms. The zero-order valence-corrected chi connectivity index (χ0v) is 9.09. The van der Waals surface area contributed by atoms with Gasteiger partial charge in [-0.2, -0.15) is 50.5 Å². The van der Waals surface area contributed by atoms with Gasteiger partial charge >= 0.3 is 0 Å². The van der Waals surface area contributed by atoms with Crippen molar-refractivity contribution in [2.45, 2.75) is 33.8 Å². The van der Waals surface area contributed by atoms with Crippen LogP contribution < -0.4 is 0 Å². The fourth-order valence-corrected chi connectivity index (χ4v) is 3.28. The van der Waals surface area contributed by atoms with E-state index < -0.39 is 0 Å². The van der Waals surface area contributed by atoms with Crippen LogP contribution in [0.4, 0.5) is 0 Å². The first kappa shape index (κ1) is 9.49. The third kappa shape index (κ3) is 2.19. The van der Waals surface area contributed by atoms with Crippen LogP contribution in [0.2, 0.25) is 0 Å². The maximum absolute atomic E-state index is 4.41. The summed E-state index contributed by atoms with van der Waals surface area (Å²) in [6, 6.07) is 0. The Bertz CT molecular complexity index is 104. The summed E-state index contributed by atoms with van der Waals surface area (Å²) in [4.78, 5) is 0. The summed E-state index contributed by atoms with van der Waals surface area (Å²) in [6.07, 6.45) is 2.11. The summed E-state index contributed by atoms with van der Waals surface area (Å²) < 4.78 is 0. The van der Waals surface area contributed by atoms with E-state index in [1.54, 1.807) is 0 Å². The Balaban J connectivity index is 2.49. The van der Waals surface area contributed by atoms with E-state index in [1.165, 1.54) is 0 Å². The van der Waals surface area contributed by atoms with Crippen molar-refractivity contribution in [3.8, 4) is 0 Å². The third-order valence-electron chi connectivity index (χ3n) is 1.82. The molecular weight excluding hydrogens is 200 g/mol. The lowest BCUT2D eigenvalue weighted by molar-refractivity contribution is 0.561. The average molecular weight is 212 g/mol. The summed E-state index contributed by atoms with van der Waals surface area (Å²) >= 11 is 17.6. The van der Waals surface area contributed by atoms with Crippen LogP contribution in [0.15, 0.2) is 0 Å². The van der Waals surface area contributed by atoms with Crippen molar-refractivity contribution >= 4 is 50.5 Å². The molecule has 0 spiro atoms. The molecule has 0 nitrogen and oxygen atoms in total. The molecule has 0 bridgehead atoms. The Kier molecular flexibility index (Phi) is 3.68. The molecule has 1 saturated carbocycles. The summed E-state index contributed by atoms with van der Waals surface area (Å²) in [5.74, 6) is 0. The van der Waals surface area contributed by atoms with Crippen molar-refractivity contribution in [3.63, 3.8) is 0 Å². The van der Waals surface area contributed by atoms with E-state index in [-0.39, 0.29) is 0 Å². The Morgan fingerprint density at radius 2 is 1.20 bits per heavy atom. The molecule has 0 aliphatic heterocycles. The largest absolute Gasteiger partial charge is 0.176 e. The molecule has 1 fully saturated rings. The standard InChI is InChI=1S/C6H12S4/c7-3-1-4(8)6(10)5(9)2-3/h3-10H,1-2H2. The second kappa shape index (κ2) is 3.87. The molecule has 1 aliphatic rings. The Morgan fingerprint density at radius 3 is 1.60 bits per heavy atom. The summed E-state index contributed by atoms with van der Waals surface area (Å²) in [5, 5.41) is 1.52. The second-order valence-electron chi connectivity index (χ2n) is 2.75. The van der Waals surface area contributed by atoms with Crippen LogP contribution in [0.1, 0.15) is 12.8 Å². The first-order valence-electron chi connectivity index (χ1n) is 3.33. The van der Waals surface area contributed by atoms with Crippen molar-refractivity contribution < 1.29 is 0 Å². The van der Waals surface area contributed by atoms with Crippen molar-refractivity contribution in [1.82, 2.24) is 0 Å². The normalized spacial score (nSPS) is 49.2. The number of rotatable bonds is 0. The fraction of sp³-hybridized carbons (Fsp3) is 1.00. The first-order chi connectivity index (χ1) is 4.61. The van der Waals surface area contributed by atoms with Crippen LogP contribution in [-0.4, -0.2) is 21.0 Å². The van der Waals surface area contributed by atoms with Crippen molar-refractivity contribution in [1.29, 1.82) is 0 Å². The number of thiol groups is 4. The molecule has 0 N–H and O–H groups in total. The van der Waals surface area contributed by atoms with Gasteiger partial charge in [0.25, 0.3) is 0 Å². The van der Waals surface area contributed by atoms with Crippen molar-refractivity contribution in [2.75, 3.05) is 0 Å². The Labute approximate surface area is 84.2 Å². The van der Waals surface area contributed by atoms with E-state index in [9.17, 15) is 0 Å². The van der Waals surface area contributed by atoms with E-state index in [0.29, 0.717) is 21.0 Å². The quantitative estimate of drug-likeness (QED) is 0.434. The molecule has 1 rings (SSSR count). The molecule has 0 radical (unpaired) electrons. The molecule has 0 aromatic carbocycles. The highest BCUT2D eigenvalue weighted by Crippen LogP contribution is 2.32. The van der Waals surface area contributed by atoms with Gasteiger partial charge in [-0.05, 0) is 12.8 Å². The average Bonchev–Trinajstić information content (AvgIpc) is 1.82. The monoisotopic (exact) mass is 212 g/mol. The van der Waals surface area contributed by atoms with E-state index in [2.05, 4.69) is 50.5 Å². The first-order valence-corrected chi connectivity index (χ1v) is 5.40. The van der Waals surface area contributed by atoms with Gasteiger partial charge in [-0.25, -0.2) is 0 Å². The summed E-state index contributed by atoms with van der Waals surface area (Å²) in [7, 11) is 0. The minimum atomic E-state index is 0.329. The zero-order valence-electron chi connectivity index (χ0n) is 5.51. The number of hydrogen-bond donors (Lipinski definition) is 4. The Hall–Kier alpha value is 1.40. The van der Waals surface area contributed by atoms with E-state index in [4.69, 9.17) is 0 Å². The van der Waals surface area contributed by atoms with Gasteiger partial charge < -0.3 is 0 Å². The van der Waals surface area contributed by atoms with Gasteiger partial charge in [-0.15, -0.1) is 0 Å². The second-order valence-corrected chi connectivity index (χ2v) is 5.40. The van der Waals surface area contributed by atoms with Crippen LogP contribution in [0, 0.1) is 0 Å². The Morgan fingerprint density at radius 1 is 0.800 bits per heavy atom. The SMILES string of the molecule is SC1CC(S)C(S)C(S)C1. The van der Waals surface area contributed by atoms with Gasteiger partial charge in [0.2, 0.25) is 0 Å². The van der Waals surface area contributed by atoms with Gasteiger partial charge in [-0.1, -0.05) is 0 Å². The number of hydrogen-bond acceptors (Lipinski definition) is 4. The fourth-order valence-electron chi connectivity index (χ4n) is 1.19. The highest BCUT2D eigenvalue weighted by Gasteiger charge is 2.30. The molecule has 0 aromatic rings. The van der Waals surface area contributed by atoms with Crippen LogP contribution >= 0.6 is 50.5 Å². The predicted molar refractivity (Wildman–Crippen MR) is 60.3 cm³/mol. The molecule has 2 atom stereocenters. The van der Waals surface area contributed by atoms with Gasteiger partial charge in [0.1, 0.15) is 0 Å². The van der Waals surface area contributed by atoms with Crippen LogP contribution in [0.5, 0.6) is 0 Å². The minimum Gasteiger partial charge on any atom is -0.176 e. The molecule has 0 heterocycles. The molecule has 0 saturated heterocycles. The minimum absolute atomic E-state index is 0.329. The van der Waals surface area contributed by atoms with Gasteiger partial charge in [0, 0.05) is 21.0 Å². The van der Waals surface area contributed by atoms with E-state index in [1.807, 2.05) is 0 Å². The molecule has 10 heavy (non-hydrogen) atoms. The maximum atomic E-state index is 4.41.